The van der Waals surface area contributed by atoms with Gasteiger partial charge in [0.1, 0.15) is 6.54 Å². The number of nitrogens with one attached hydrogen (secondary N) is 3. The zero-order valence-corrected chi connectivity index (χ0v) is 25.0. The van der Waals surface area contributed by atoms with Gasteiger partial charge in [0.05, 0.1) is 23.8 Å². The number of fused-ring (bicyclic) bond motifs is 1. The number of imide groups is 2. The number of halogens is 2. The number of para-hydroxylation sites is 2. The van der Waals surface area contributed by atoms with Crippen LogP contribution in [0, 0.1) is 0 Å². The lowest BCUT2D eigenvalue weighted by Gasteiger charge is -2.18. The van der Waals surface area contributed by atoms with Gasteiger partial charge in [-0.2, -0.15) is 0 Å². The summed E-state index contributed by atoms with van der Waals surface area (Å²) in [5.74, 6) is -0.380. The Balaban J connectivity index is 0.000000230. The molecule has 1 aliphatic heterocycles. The number of carbonyl (C=O) groups excluding carboxylic acids is 5. The number of unbranched alkanes of at least 4 members (excludes halogenated alkanes) is 1. The highest BCUT2D eigenvalue weighted by atomic mass is 35.5. The van der Waals surface area contributed by atoms with Gasteiger partial charge in [-0.1, -0.05) is 48.7 Å². The second kappa shape index (κ2) is 14.5. The number of imidazole rings is 1. The highest BCUT2D eigenvalue weighted by Crippen LogP contribution is 2.28. The van der Waals surface area contributed by atoms with E-state index in [1.165, 1.54) is 29.9 Å². The molecule has 4 rings (SSSR count). The molecule has 42 heavy (non-hydrogen) atoms. The number of ether oxygens (including phenoxy) is 1. The monoisotopic (exact) mass is 619 g/mol. The Hall–Kier alpha value is -4.36. The number of nitrogens with zero attached hydrogens (tertiary/aromatic N) is 4. The average molecular weight is 620 g/mol. The highest BCUT2D eigenvalue weighted by Gasteiger charge is 2.41. The average Bonchev–Trinajstić information content (AvgIpc) is 3.43. The lowest BCUT2D eigenvalue weighted by Crippen LogP contribution is -2.45. The Kier molecular flexibility index (Phi) is 11.1. The van der Waals surface area contributed by atoms with Crippen LogP contribution in [0.25, 0.3) is 11.0 Å². The molecule has 224 valence electrons. The molecule has 1 aliphatic rings. The van der Waals surface area contributed by atoms with Crippen molar-refractivity contribution in [2.45, 2.75) is 39.7 Å². The first-order chi connectivity index (χ1) is 20.0. The fourth-order valence-corrected chi connectivity index (χ4v) is 4.33. The normalized spacial score (nSPS) is 12.7. The van der Waals surface area contributed by atoms with Crippen molar-refractivity contribution in [1.29, 1.82) is 0 Å². The number of amides is 7. The van der Waals surface area contributed by atoms with Gasteiger partial charge in [-0.05, 0) is 50.6 Å². The van der Waals surface area contributed by atoms with Crippen molar-refractivity contribution in [2.75, 3.05) is 30.4 Å². The van der Waals surface area contributed by atoms with E-state index in [0.29, 0.717) is 27.6 Å². The summed E-state index contributed by atoms with van der Waals surface area (Å²) in [6.45, 7) is 5.81. The van der Waals surface area contributed by atoms with Gasteiger partial charge in [0.25, 0.3) is 5.91 Å². The molecule has 0 unspecified atom stereocenters. The quantitative estimate of drug-likeness (QED) is 0.244. The van der Waals surface area contributed by atoms with E-state index in [-0.39, 0.29) is 30.3 Å². The molecule has 3 N–H and O–H groups in total. The predicted octanol–water partition coefficient (Wildman–Crippen LogP) is 5.45. The van der Waals surface area contributed by atoms with Crippen LogP contribution in [-0.2, 0) is 9.53 Å². The Morgan fingerprint density at radius 1 is 1.05 bits per heavy atom. The van der Waals surface area contributed by atoms with Gasteiger partial charge in [-0.25, -0.2) is 38.5 Å². The minimum Gasteiger partial charge on any atom is -0.453 e. The molecule has 0 bridgehead atoms. The van der Waals surface area contributed by atoms with E-state index in [4.69, 9.17) is 23.2 Å². The van der Waals surface area contributed by atoms with Crippen molar-refractivity contribution >= 4 is 76.0 Å². The fraction of sp³-hybridized carbons (Fsp3) is 0.333. The van der Waals surface area contributed by atoms with Crippen molar-refractivity contribution in [3.8, 4) is 0 Å². The third kappa shape index (κ3) is 7.89. The maximum atomic E-state index is 12.3. The van der Waals surface area contributed by atoms with Crippen molar-refractivity contribution < 1.29 is 28.7 Å². The zero-order chi connectivity index (χ0) is 31.0. The van der Waals surface area contributed by atoms with Gasteiger partial charge in [0, 0.05) is 22.6 Å². The number of rotatable bonds is 6. The number of aromatic nitrogens is 2. The van der Waals surface area contributed by atoms with Gasteiger partial charge < -0.3 is 15.4 Å². The van der Waals surface area contributed by atoms with E-state index < -0.39 is 24.1 Å². The number of carbonyl (C=O) groups is 5. The number of hydrogen-bond donors (Lipinski definition) is 3. The topological polar surface area (TPSA) is 155 Å². The van der Waals surface area contributed by atoms with Crippen LogP contribution in [-0.4, -0.2) is 70.8 Å². The van der Waals surface area contributed by atoms with Crippen molar-refractivity contribution in [3.05, 3.63) is 52.5 Å². The van der Waals surface area contributed by atoms with E-state index >= 15 is 0 Å². The Bertz CT molecular complexity index is 1470. The first-order valence-electron chi connectivity index (χ1n) is 13.0. The molecule has 0 saturated carbocycles. The molecule has 0 aliphatic carbocycles. The van der Waals surface area contributed by atoms with E-state index in [9.17, 15) is 24.0 Å². The summed E-state index contributed by atoms with van der Waals surface area (Å²) >= 11 is 11.7. The minimum absolute atomic E-state index is 0.136. The third-order valence-corrected chi connectivity index (χ3v) is 6.13. The largest absolute Gasteiger partial charge is 0.453 e. The first-order valence-corrected chi connectivity index (χ1v) is 13.7. The molecule has 15 heteroatoms. The maximum Gasteiger partial charge on any atom is 0.413 e. The molecule has 2 heterocycles. The van der Waals surface area contributed by atoms with Crippen LogP contribution >= 0.6 is 23.2 Å². The fourth-order valence-electron chi connectivity index (χ4n) is 3.82. The SMILES string of the molecule is CC(C)NC(=O)N1CC(=O)N(c2cc(Cl)cc(Cl)c2)C1=O.CCCCNC(=O)n1c(NC(=O)OC)nc2ccccc21. The smallest absolute Gasteiger partial charge is 0.413 e. The number of benzene rings is 2. The van der Waals surface area contributed by atoms with Crippen LogP contribution in [0.1, 0.15) is 33.6 Å². The highest BCUT2D eigenvalue weighted by molar-refractivity contribution is 6.35. The lowest BCUT2D eigenvalue weighted by molar-refractivity contribution is -0.116. The standard InChI is InChI=1S/C14H18N4O3.C13H13Cl2N3O3/c1-3-4-9-15-13(19)18-11-8-6-5-7-10(11)16-12(18)17-14(20)21-2;1-7(2)16-12(20)17-6-11(19)18(13(17)21)10-4-8(14)3-9(15)5-10/h5-8H,3-4,9H2,1-2H3,(H,15,19)(H,16,17,20);3-5,7H,6H2,1-2H3,(H,16,20). The van der Waals surface area contributed by atoms with Crippen LogP contribution in [0.15, 0.2) is 42.5 Å². The van der Waals surface area contributed by atoms with Gasteiger partial charge in [-0.15, -0.1) is 0 Å². The Morgan fingerprint density at radius 2 is 1.71 bits per heavy atom. The molecular formula is C27H31Cl2N7O6. The molecule has 1 saturated heterocycles. The summed E-state index contributed by atoms with van der Waals surface area (Å²) in [4.78, 5) is 65.8. The first kappa shape index (κ1) is 32.2. The molecule has 3 aromatic rings. The number of hydrogen-bond acceptors (Lipinski definition) is 7. The van der Waals surface area contributed by atoms with Gasteiger partial charge in [0.2, 0.25) is 5.95 Å². The number of urea groups is 2. The molecule has 2 aromatic carbocycles. The summed E-state index contributed by atoms with van der Waals surface area (Å²) in [6.07, 6.45) is 1.20. The van der Waals surface area contributed by atoms with Crippen molar-refractivity contribution in [1.82, 2.24) is 25.1 Å². The Labute approximate surface area is 252 Å². The van der Waals surface area contributed by atoms with Crippen LogP contribution in [0.2, 0.25) is 10.0 Å². The van der Waals surface area contributed by atoms with Crippen LogP contribution in [0.3, 0.4) is 0 Å². The molecule has 1 aromatic heterocycles. The summed E-state index contributed by atoms with van der Waals surface area (Å²) < 4.78 is 5.88. The van der Waals surface area contributed by atoms with E-state index in [1.807, 2.05) is 19.1 Å². The summed E-state index contributed by atoms with van der Waals surface area (Å²) in [7, 11) is 1.25. The van der Waals surface area contributed by atoms with Crippen LogP contribution < -0.4 is 20.9 Å². The molecular weight excluding hydrogens is 589 g/mol. The molecule has 0 radical (unpaired) electrons. The summed E-state index contributed by atoms with van der Waals surface area (Å²) in [5.41, 5.74) is 1.48. The van der Waals surface area contributed by atoms with E-state index in [0.717, 1.165) is 22.6 Å². The van der Waals surface area contributed by atoms with Gasteiger partial charge in [0.15, 0.2) is 0 Å². The van der Waals surface area contributed by atoms with Crippen LogP contribution in [0.4, 0.5) is 30.8 Å². The van der Waals surface area contributed by atoms with Crippen molar-refractivity contribution in [2.24, 2.45) is 0 Å². The Morgan fingerprint density at radius 3 is 2.33 bits per heavy atom. The van der Waals surface area contributed by atoms with E-state index in [1.54, 1.807) is 26.0 Å². The molecule has 0 atom stereocenters. The minimum atomic E-state index is -0.725. The summed E-state index contributed by atoms with van der Waals surface area (Å²) in [6, 6.07) is 9.71. The van der Waals surface area contributed by atoms with E-state index in [2.05, 4.69) is 25.7 Å². The van der Waals surface area contributed by atoms with Gasteiger partial charge in [-0.3, -0.25) is 10.1 Å². The molecule has 13 nitrogen and oxygen atoms in total. The lowest BCUT2D eigenvalue weighted by atomic mass is 10.3. The summed E-state index contributed by atoms with van der Waals surface area (Å²) in [5, 5.41) is 8.41. The number of methoxy groups -OCH3 is 1. The maximum absolute atomic E-state index is 12.3. The molecule has 0 spiro atoms. The zero-order valence-electron chi connectivity index (χ0n) is 23.4. The number of anilines is 2. The van der Waals surface area contributed by atoms with Crippen LogP contribution in [0.5, 0.6) is 0 Å². The second-order valence-electron chi connectivity index (χ2n) is 9.29. The van der Waals surface area contributed by atoms with Gasteiger partial charge >= 0.3 is 24.2 Å². The second-order valence-corrected chi connectivity index (χ2v) is 10.2. The van der Waals surface area contributed by atoms with Crippen molar-refractivity contribution in [3.63, 3.8) is 0 Å². The molecule has 1 fully saturated rings. The third-order valence-electron chi connectivity index (χ3n) is 5.70. The predicted molar refractivity (Wildman–Crippen MR) is 159 cm³/mol. The molecule has 7 amide bonds.